The van der Waals surface area contributed by atoms with E-state index in [0.717, 1.165) is 22.4 Å². The zero-order valence-corrected chi connectivity index (χ0v) is 13.8. The lowest BCUT2D eigenvalue weighted by atomic mass is 10.1. The van der Waals surface area contributed by atoms with Crippen molar-refractivity contribution >= 4 is 11.0 Å². The minimum absolute atomic E-state index is 0.139. The molecule has 126 valence electrons. The topological polar surface area (TPSA) is 43.0 Å². The molecule has 5 heteroatoms. The summed E-state index contributed by atoms with van der Waals surface area (Å²) in [5.41, 5.74) is 2.89. The molecule has 0 aliphatic rings. The lowest BCUT2D eigenvalue weighted by Gasteiger charge is -2.14. The molecular weight excluding hydrogens is 317 g/mol. The van der Waals surface area contributed by atoms with E-state index in [1.165, 1.54) is 12.1 Å². The van der Waals surface area contributed by atoms with Crippen LogP contribution in [0.4, 0.5) is 4.39 Å². The Bertz CT molecular complexity index is 991. The minimum Gasteiger partial charge on any atom is -0.460 e. The molecule has 4 rings (SSSR count). The average Bonchev–Trinajstić information content (AvgIpc) is 3.29. The number of furan rings is 1. The predicted molar refractivity (Wildman–Crippen MR) is 95.0 cm³/mol. The summed E-state index contributed by atoms with van der Waals surface area (Å²) in [5, 5.41) is 8.49. The van der Waals surface area contributed by atoms with Gasteiger partial charge in [0, 0.05) is 23.8 Å². The van der Waals surface area contributed by atoms with Crippen LogP contribution in [0.25, 0.3) is 16.7 Å². The van der Waals surface area contributed by atoms with Gasteiger partial charge in [0.05, 0.1) is 12.2 Å². The van der Waals surface area contributed by atoms with Gasteiger partial charge in [-0.05, 0) is 55.0 Å². The van der Waals surface area contributed by atoms with Crippen LogP contribution in [-0.2, 0) is 6.54 Å². The Kier molecular flexibility index (Phi) is 4.07. The van der Waals surface area contributed by atoms with Crippen molar-refractivity contribution < 1.29 is 8.81 Å². The summed E-state index contributed by atoms with van der Waals surface area (Å²) < 4.78 is 20.9. The van der Waals surface area contributed by atoms with Crippen LogP contribution in [0.3, 0.4) is 0 Å². The molecule has 0 amide bonds. The molecule has 0 spiro atoms. The number of hydrogen-bond donors (Lipinski definition) is 1. The van der Waals surface area contributed by atoms with Crippen molar-refractivity contribution in [2.45, 2.75) is 19.5 Å². The van der Waals surface area contributed by atoms with Crippen molar-refractivity contribution in [3.05, 3.63) is 84.1 Å². The van der Waals surface area contributed by atoms with E-state index in [-0.39, 0.29) is 11.9 Å². The third-order valence-corrected chi connectivity index (χ3v) is 4.25. The number of nitrogens with zero attached hydrogens (tertiary/aromatic N) is 2. The van der Waals surface area contributed by atoms with E-state index in [1.807, 2.05) is 35.1 Å². The number of hydrogen-bond acceptors (Lipinski definition) is 3. The summed E-state index contributed by atoms with van der Waals surface area (Å²) in [7, 11) is 0. The van der Waals surface area contributed by atoms with Crippen molar-refractivity contribution in [3.8, 4) is 5.69 Å². The lowest BCUT2D eigenvalue weighted by Crippen LogP contribution is -2.18. The smallest absolute Gasteiger partial charge is 0.134 e. The van der Waals surface area contributed by atoms with Gasteiger partial charge in [-0.25, -0.2) is 9.07 Å². The van der Waals surface area contributed by atoms with Gasteiger partial charge in [0.1, 0.15) is 17.2 Å². The standard InChI is InChI=1S/C20H18FN3O/c1-14(15-4-2-5-18(11-15)24-9-3-8-23-24)22-13-19-12-16-10-17(21)6-7-20(16)25-19/h2-12,14,22H,13H2,1H3/t14-/m0/s1. The molecule has 25 heavy (non-hydrogen) atoms. The van der Waals surface area contributed by atoms with Gasteiger partial charge >= 0.3 is 0 Å². The molecule has 0 unspecified atom stereocenters. The van der Waals surface area contributed by atoms with Crippen molar-refractivity contribution in [3.63, 3.8) is 0 Å². The molecule has 0 radical (unpaired) electrons. The number of halogens is 1. The molecule has 2 heterocycles. The fourth-order valence-electron chi connectivity index (χ4n) is 2.89. The van der Waals surface area contributed by atoms with Crippen LogP contribution in [0.2, 0.25) is 0 Å². The van der Waals surface area contributed by atoms with Gasteiger partial charge in [-0.3, -0.25) is 0 Å². The quantitative estimate of drug-likeness (QED) is 0.579. The second kappa shape index (κ2) is 6.53. The maximum absolute atomic E-state index is 13.3. The largest absolute Gasteiger partial charge is 0.460 e. The predicted octanol–water partition coefficient (Wildman–Crippen LogP) is 4.61. The summed E-state index contributed by atoms with van der Waals surface area (Å²) in [4.78, 5) is 0. The summed E-state index contributed by atoms with van der Waals surface area (Å²) in [6.07, 6.45) is 3.68. The highest BCUT2D eigenvalue weighted by Crippen LogP contribution is 2.22. The first-order chi connectivity index (χ1) is 12.2. The van der Waals surface area contributed by atoms with E-state index in [2.05, 4.69) is 29.5 Å². The first-order valence-electron chi connectivity index (χ1n) is 8.20. The molecule has 0 bridgehead atoms. The number of fused-ring (bicyclic) bond motifs is 1. The van der Waals surface area contributed by atoms with E-state index in [9.17, 15) is 4.39 Å². The molecule has 0 saturated carbocycles. The Morgan fingerprint density at radius 3 is 2.92 bits per heavy atom. The number of benzene rings is 2. The van der Waals surface area contributed by atoms with Gasteiger partial charge in [0.2, 0.25) is 0 Å². The van der Waals surface area contributed by atoms with E-state index >= 15 is 0 Å². The first kappa shape index (κ1) is 15.6. The van der Waals surface area contributed by atoms with Crippen molar-refractivity contribution in [1.82, 2.24) is 15.1 Å². The maximum atomic E-state index is 13.3. The second-order valence-electron chi connectivity index (χ2n) is 6.04. The van der Waals surface area contributed by atoms with Crippen LogP contribution in [0.5, 0.6) is 0 Å². The summed E-state index contributed by atoms with van der Waals surface area (Å²) in [6, 6.07) is 16.7. The Morgan fingerprint density at radius 2 is 2.08 bits per heavy atom. The number of nitrogens with one attached hydrogen (secondary N) is 1. The SMILES string of the molecule is C[C@H](NCc1cc2cc(F)ccc2o1)c1cccc(-n2cccn2)c1. The van der Waals surface area contributed by atoms with Crippen LogP contribution in [0.1, 0.15) is 24.3 Å². The molecule has 4 aromatic rings. The number of rotatable bonds is 5. The van der Waals surface area contributed by atoms with Crippen LogP contribution < -0.4 is 5.32 Å². The highest BCUT2D eigenvalue weighted by molar-refractivity contribution is 5.77. The monoisotopic (exact) mass is 335 g/mol. The molecule has 1 atom stereocenters. The summed E-state index contributed by atoms with van der Waals surface area (Å²) >= 11 is 0. The van der Waals surface area contributed by atoms with Gasteiger partial charge < -0.3 is 9.73 Å². The van der Waals surface area contributed by atoms with Crippen LogP contribution in [0, 0.1) is 5.82 Å². The highest BCUT2D eigenvalue weighted by Gasteiger charge is 2.09. The van der Waals surface area contributed by atoms with E-state index in [1.54, 1.807) is 12.3 Å². The summed E-state index contributed by atoms with van der Waals surface area (Å²) in [5.74, 6) is 0.535. The van der Waals surface area contributed by atoms with E-state index < -0.39 is 0 Å². The van der Waals surface area contributed by atoms with E-state index in [0.29, 0.717) is 12.1 Å². The maximum Gasteiger partial charge on any atom is 0.134 e. The Hall–Kier alpha value is -2.92. The van der Waals surface area contributed by atoms with Gasteiger partial charge in [0.25, 0.3) is 0 Å². The molecule has 0 saturated heterocycles. The van der Waals surface area contributed by atoms with Gasteiger partial charge in [0.15, 0.2) is 0 Å². The van der Waals surface area contributed by atoms with Crippen LogP contribution in [-0.4, -0.2) is 9.78 Å². The van der Waals surface area contributed by atoms with Crippen molar-refractivity contribution in [2.24, 2.45) is 0 Å². The fourth-order valence-corrected chi connectivity index (χ4v) is 2.89. The molecule has 2 aromatic carbocycles. The first-order valence-corrected chi connectivity index (χ1v) is 8.20. The van der Waals surface area contributed by atoms with E-state index in [4.69, 9.17) is 4.42 Å². The molecule has 0 aliphatic heterocycles. The molecule has 2 aromatic heterocycles. The van der Waals surface area contributed by atoms with Gasteiger partial charge in [-0.15, -0.1) is 0 Å². The van der Waals surface area contributed by atoms with Crippen molar-refractivity contribution in [1.29, 1.82) is 0 Å². The molecular formula is C20H18FN3O. The molecule has 1 N–H and O–H groups in total. The third-order valence-electron chi connectivity index (χ3n) is 4.25. The number of aromatic nitrogens is 2. The molecule has 0 fully saturated rings. The Morgan fingerprint density at radius 1 is 1.16 bits per heavy atom. The normalized spacial score (nSPS) is 12.6. The molecule has 4 nitrogen and oxygen atoms in total. The lowest BCUT2D eigenvalue weighted by molar-refractivity contribution is 0.482. The zero-order valence-electron chi connectivity index (χ0n) is 13.8. The Balaban J connectivity index is 1.48. The summed E-state index contributed by atoms with van der Waals surface area (Å²) in [6.45, 7) is 2.67. The Labute approximate surface area is 144 Å². The second-order valence-corrected chi connectivity index (χ2v) is 6.04. The van der Waals surface area contributed by atoms with Gasteiger partial charge in [-0.2, -0.15) is 5.10 Å². The molecule has 0 aliphatic carbocycles. The van der Waals surface area contributed by atoms with Crippen LogP contribution in [0.15, 0.2) is 71.4 Å². The van der Waals surface area contributed by atoms with Crippen molar-refractivity contribution in [2.75, 3.05) is 0 Å². The average molecular weight is 335 g/mol. The van der Waals surface area contributed by atoms with Gasteiger partial charge in [-0.1, -0.05) is 12.1 Å². The zero-order chi connectivity index (χ0) is 17.2. The third kappa shape index (κ3) is 3.32. The minimum atomic E-state index is -0.253. The highest BCUT2D eigenvalue weighted by atomic mass is 19.1. The van der Waals surface area contributed by atoms with Crippen LogP contribution >= 0.6 is 0 Å². The fraction of sp³-hybridized carbons (Fsp3) is 0.150.